The van der Waals surface area contributed by atoms with Gasteiger partial charge in [0.15, 0.2) is 11.3 Å². The van der Waals surface area contributed by atoms with E-state index in [1.807, 2.05) is 53.1 Å². The van der Waals surface area contributed by atoms with Crippen molar-refractivity contribution in [3.8, 4) is 5.88 Å². The SMILES string of the molecule is CCCCn1c(O)c(N=Nc2ncnc3c2oc2ccccc23)c2ccccc21. The quantitative estimate of drug-likeness (QED) is 0.362. The van der Waals surface area contributed by atoms with Gasteiger partial charge in [-0.3, -0.25) is 0 Å². The van der Waals surface area contributed by atoms with Gasteiger partial charge in [0.05, 0.1) is 5.52 Å². The van der Waals surface area contributed by atoms with Crippen molar-refractivity contribution in [3.63, 3.8) is 0 Å². The van der Waals surface area contributed by atoms with Gasteiger partial charge in [0.25, 0.3) is 0 Å². The Morgan fingerprint density at radius 3 is 2.66 bits per heavy atom. The Labute approximate surface area is 166 Å². The highest BCUT2D eigenvalue weighted by molar-refractivity contribution is 6.05. The number of para-hydroxylation sites is 2. The van der Waals surface area contributed by atoms with Crippen LogP contribution < -0.4 is 0 Å². The van der Waals surface area contributed by atoms with Crippen LogP contribution in [0.4, 0.5) is 11.5 Å². The molecule has 2 aromatic carbocycles. The summed E-state index contributed by atoms with van der Waals surface area (Å²) in [5.74, 6) is 0.439. The van der Waals surface area contributed by atoms with Crippen LogP contribution in [-0.2, 0) is 6.54 Å². The number of unbranched alkanes of at least 4 members (excludes halogenated alkanes) is 1. The van der Waals surface area contributed by atoms with Crippen LogP contribution >= 0.6 is 0 Å². The van der Waals surface area contributed by atoms with Crippen molar-refractivity contribution in [1.82, 2.24) is 14.5 Å². The van der Waals surface area contributed by atoms with E-state index in [1.165, 1.54) is 6.33 Å². The number of fused-ring (bicyclic) bond motifs is 4. The number of aromatic nitrogens is 3. The Hall–Kier alpha value is -3.74. The molecule has 0 aliphatic carbocycles. The van der Waals surface area contributed by atoms with Gasteiger partial charge in [-0.2, -0.15) is 0 Å². The van der Waals surface area contributed by atoms with Crippen LogP contribution in [0, 0.1) is 0 Å². The minimum absolute atomic E-state index is 0.110. The lowest BCUT2D eigenvalue weighted by atomic mass is 10.2. The number of aryl methyl sites for hydroxylation is 1. The third kappa shape index (κ3) is 2.82. The summed E-state index contributed by atoms with van der Waals surface area (Å²) < 4.78 is 7.78. The smallest absolute Gasteiger partial charge is 0.221 e. The molecule has 0 fully saturated rings. The summed E-state index contributed by atoms with van der Waals surface area (Å²) in [4.78, 5) is 8.56. The van der Waals surface area contributed by atoms with E-state index in [2.05, 4.69) is 27.1 Å². The van der Waals surface area contributed by atoms with Crippen LogP contribution in [0.25, 0.3) is 33.0 Å². The molecule has 3 aromatic heterocycles. The minimum atomic E-state index is 0.110. The summed E-state index contributed by atoms with van der Waals surface area (Å²) in [6.07, 6.45) is 3.45. The summed E-state index contributed by atoms with van der Waals surface area (Å²) in [6, 6.07) is 15.5. The average molecular weight is 385 g/mol. The van der Waals surface area contributed by atoms with Gasteiger partial charge in [-0.1, -0.05) is 43.7 Å². The zero-order chi connectivity index (χ0) is 19.8. The number of benzene rings is 2. The van der Waals surface area contributed by atoms with E-state index in [0.29, 0.717) is 22.6 Å². The fraction of sp³-hybridized carbons (Fsp3) is 0.182. The molecule has 0 radical (unpaired) electrons. The Bertz CT molecular complexity index is 1370. The first-order chi connectivity index (χ1) is 14.3. The summed E-state index contributed by atoms with van der Waals surface area (Å²) in [6.45, 7) is 2.84. The highest BCUT2D eigenvalue weighted by Gasteiger charge is 2.17. The molecule has 0 aliphatic heterocycles. The number of azo groups is 1. The lowest BCUT2D eigenvalue weighted by molar-refractivity contribution is 0.418. The molecule has 5 aromatic rings. The van der Waals surface area contributed by atoms with Gasteiger partial charge in [0, 0.05) is 17.3 Å². The number of hydrogen-bond donors (Lipinski definition) is 1. The highest BCUT2D eigenvalue weighted by Crippen LogP contribution is 2.40. The maximum atomic E-state index is 10.8. The van der Waals surface area contributed by atoms with Crippen LogP contribution in [0.15, 0.2) is 69.5 Å². The molecule has 1 N–H and O–H groups in total. The molecule has 0 spiro atoms. The summed E-state index contributed by atoms with van der Waals surface area (Å²) in [5, 5.41) is 21.2. The third-order valence-electron chi connectivity index (χ3n) is 5.04. The lowest BCUT2D eigenvalue weighted by Crippen LogP contribution is -1.96. The van der Waals surface area contributed by atoms with E-state index in [1.54, 1.807) is 0 Å². The van der Waals surface area contributed by atoms with Crippen LogP contribution in [0.1, 0.15) is 19.8 Å². The first kappa shape index (κ1) is 17.4. The topological polar surface area (TPSA) is 88.8 Å². The fourth-order valence-electron chi connectivity index (χ4n) is 3.59. The Morgan fingerprint density at radius 1 is 1.00 bits per heavy atom. The summed E-state index contributed by atoms with van der Waals surface area (Å²) in [7, 11) is 0. The van der Waals surface area contributed by atoms with Gasteiger partial charge in [-0.15, -0.1) is 10.2 Å². The molecule has 0 amide bonds. The summed E-state index contributed by atoms with van der Waals surface area (Å²) in [5.41, 5.74) is 3.26. The molecule has 144 valence electrons. The second kappa shape index (κ2) is 7.01. The predicted octanol–water partition coefficient (Wildman–Crippen LogP) is 6.25. The number of aromatic hydroxyl groups is 1. The number of furan rings is 1. The van der Waals surface area contributed by atoms with Gasteiger partial charge in [0.2, 0.25) is 11.7 Å². The van der Waals surface area contributed by atoms with Crippen molar-refractivity contribution < 1.29 is 9.52 Å². The fourth-order valence-corrected chi connectivity index (χ4v) is 3.59. The number of hydrogen-bond acceptors (Lipinski definition) is 6. The Morgan fingerprint density at radius 2 is 1.79 bits per heavy atom. The zero-order valence-corrected chi connectivity index (χ0v) is 15.9. The van der Waals surface area contributed by atoms with Crippen molar-refractivity contribution in [1.29, 1.82) is 0 Å². The van der Waals surface area contributed by atoms with Crippen molar-refractivity contribution in [2.75, 3.05) is 0 Å². The molecular weight excluding hydrogens is 366 g/mol. The monoisotopic (exact) mass is 385 g/mol. The van der Waals surface area contributed by atoms with Gasteiger partial charge >= 0.3 is 0 Å². The minimum Gasteiger partial charge on any atom is -0.493 e. The lowest BCUT2D eigenvalue weighted by Gasteiger charge is -2.05. The number of nitrogens with zero attached hydrogens (tertiary/aromatic N) is 5. The van der Waals surface area contributed by atoms with Gasteiger partial charge < -0.3 is 14.1 Å². The van der Waals surface area contributed by atoms with E-state index < -0.39 is 0 Å². The zero-order valence-electron chi connectivity index (χ0n) is 15.9. The van der Waals surface area contributed by atoms with E-state index >= 15 is 0 Å². The van der Waals surface area contributed by atoms with Crippen LogP contribution in [-0.4, -0.2) is 19.6 Å². The van der Waals surface area contributed by atoms with Crippen molar-refractivity contribution in [2.24, 2.45) is 10.2 Å². The second-order valence-corrected chi connectivity index (χ2v) is 6.87. The van der Waals surface area contributed by atoms with Gasteiger partial charge in [-0.25, -0.2) is 9.97 Å². The van der Waals surface area contributed by atoms with E-state index in [0.717, 1.165) is 41.3 Å². The molecule has 0 unspecified atom stereocenters. The molecule has 7 nitrogen and oxygen atoms in total. The van der Waals surface area contributed by atoms with Crippen molar-refractivity contribution >= 4 is 44.5 Å². The van der Waals surface area contributed by atoms with Crippen LogP contribution in [0.2, 0.25) is 0 Å². The van der Waals surface area contributed by atoms with Crippen LogP contribution in [0.5, 0.6) is 5.88 Å². The molecule has 5 rings (SSSR count). The second-order valence-electron chi connectivity index (χ2n) is 6.87. The van der Waals surface area contributed by atoms with Gasteiger partial charge in [-0.05, 0) is 24.6 Å². The van der Waals surface area contributed by atoms with Crippen molar-refractivity contribution in [2.45, 2.75) is 26.3 Å². The Kier molecular flexibility index (Phi) is 4.20. The molecule has 0 bridgehead atoms. The first-order valence-electron chi connectivity index (χ1n) is 9.62. The van der Waals surface area contributed by atoms with E-state index in [-0.39, 0.29) is 5.88 Å². The maximum Gasteiger partial charge on any atom is 0.221 e. The molecule has 29 heavy (non-hydrogen) atoms. The average Bonchev–Trinajstić information content (AvgIpc) is 3.26. The third-order valence-corrected chi connectivity index (χ3v) is 5.04. The summed E-state index contributed by atoms with van der Waals surface area (Å²) >= 11 is 0. The maximum absolute atomic E-state index is 10.8. The first-order valence-corrected chi connectivity index (χ1v) is 9.62. The Balaban J connectivity index is 1.64. The molecule has 0 saturated heterocycles. The van der Waals surface area contributed by atoms with Gasteiger partial charge in [0.1, 0.15) is 17.4 Å². The standard InChI is InChI=1S/C22H19N5O2/c1-2-3-12-27-16-10-6-4-8-14(16)19(22(27)28)25-26-21-20-18(23-13-24-21)15-9-5-7-11-17(15)29-20/h4-11,13,28H,2-3,12H2,1H3. The van der Waals surface area contributed by atoms with Crippen LogP contribution in [0.3, 0.4) is 0 Å². The molecule has 7 heteroatoms. The van der Waals surface area contributed by atoms with E-state index in [9.17, 15) is 5.11 Å². The van der Waals surface area contributed by atoms with E-state index in [4.69, 9.17) is 4.42 Å². The molecule has 3 heterocycles. The highest BCUT2D eigenvalue weighted by atomic mass is 16.3. The predicted molar refractivity (Wildman–Crippen MR) is 112 cm³/mol. The van der Waals surface area contributed by atoms with Crippen molar-refractivity contribution in [3.05, 3.63) is 54.9 Å². The molecule has 0 atom stereocenters. The normalized spacial score (nSPS) is 12.0. The number of rotatable bonds is 5. The molecule has 0 aliphatic rings. The molecule has 0 saturated carbocycles. The largest absolute Gasteiger partial charge is 0.493 e. The molecular formula is C22H19N5O2.